The Balaban J connectivity index is 2.09. The first-order valence-corrected chi connectivity index (χ1v) is 6.06. The lowest BCUT2D eigenvalue weighted by Crippen LogP contribution is -2.40. The van der Waals surface area contributed by atoms with Crippen LogP contribution in [0, 0.1) is 11.6 Å². The van der Waals surface area contributed by atoms with Crippen LogP contribution in [0.3, 0.4) is 0 Å². The van der Waals surface area contributed by atoms with E-state index in [0.29, 0.717) is 13.1 Å². The van der Waals surface area contributed by atoms with Crippen molar-refractivity contribution in [1.29, 1.82) is 0 Å². The molecule has 1 saturated heterocycles. The third-order valence-electron chi connectivity index (χ3n) is 3.34. The van der Waals surface area contributed by atoms with Crippen LogP contribution in [-0.4, -0.2) is 29.9 Å². The highest BCUT2D eigenvalue weighted by Gasteiger charge is 2.28. The number of likely N-dealkylation sites (tertiary alicyclic amines) is 1. The number of carbonyl (C=O) groups is 1. The maximum atomic E-state index is 13.5. The van der Waals surface area contributed by atoms with Gasteiger partial charge < -0.3 is 10.6 Å². The SMILES string of the molecule is NC[C@@H]1CCCN1C(=O)Cc1cccc(F)c1F. The lowest BCUT2D eigenvalue weighted by molar-refractivity contribution is -0.131. The van der Waals surface area contributed by atoms with Crippen molar-refractivity contribution in [2.75, 3.05) is 13.1 Å². The number of halogens is 2. The minimum atomic E-state index is -0.936. The fourth-order valence-electron chi connectivity index (χ4n) is 2.36. The molecule has 1 aliphatic heterocycles. The first-order chi connectivity index (χ1) is 8.63. The largest absolute Gasteiger partial charge is 0.338 e. The molecule has 0 radical (unpaired) electrons. The van der Waals surface area contributed by atoms with E-state index >= 15 is 0 Å². The summed E-state index contributed by atoms with van der Waals surface area (Å²) in [6, 6.07) is 3.92. The molecule has 1 aromatic rings. The second-order valence-corrected chi connectivity index (χ2v) is 4.51. The third kappa shape index (κ3) is 2.51. The number of carbonyl (C=O) groups excluding carboxylic acids is 1. The number of hydrogen-bond acceptors (Lipinski definition) is 2. The number of benzene rings is 1. The number of nitrogens with zero attached hydrogens (tertiary/aromatic N) is 1. The fourth-order valence-corrected chi connectivity index (χ4v) is 2.36. The van der Waals surface area contributed by atoms with Crippen molar-refractivity contribution in [1.82, 2.24) is 4.90 Å². The van der Waals surface area contributed by atoms with E-state index in [0.717, 1.165) is 18.9 Å². The third-order valence-corrected chi connectivity index (χ3v) is 3.34. The summed E-state index contributed by atoms with van der Waals surface area (Å²) in [7, 11) is 0. The molecule has 2 rings (SSSR count). The molecule has 18 heavy (non-hydrogen) atoms. The van der Waals surface area contributed by atoms with E-state index in [4.69, 9.17) is 5.73 Å². The van der Waals surface area contributed by atoms with Crippen LogP contribution in [0.2, 0.25) is 0 Å². The lowest BCUT2D eigenvalue weighted by Gasteiger charge is -2.23. The Labute approximate surface area is 105 Å². The van der Waals surface area contributed by atoms with Crippen molar-refractivity contribution in [2.45, 2.75) is 25.3 Å². The van der Waals surface area contributed by atoms with E-state index in [1.807, 2.05) is 0 Å². The molecule has 1 aliphatic rings. The summed E-state index contributed by atoms with van der Waals surface area (Å²) >= 11 is 0. The normalized spacial score (nSPS) is 19.3. The average molecular weight is 254 g/mol. The molecule has 0 saturated carbocycles. The number of rotatable bonds is 3. The Hall–Kier alpha value is -1.49. The Morgan fingerprint density at radius 2 is 2.22 bits per heavy atom. The van der Waals surface area contributed by atoms with E-state index in [-0.39, 0.29) is 23.9 Å². The van der Waals surface area contributed by atoms with Crippen LogP contribution in [0.1, 0.15) is 18.4 Å². The van der Waals surface area contributed by atoms with Gasteiger partial charge in [0.25, 0.3) is 0 Å². The summed E-state index contributed by atoms with van der Waals surface area (Å²) in [6.45, 7) is 1.06. The van der Waals surface area contributed by atoms with E-state index in [9.17, 15) is 13.6 Å². The van der Waals surface area contributed by atoms with Crippen LogP contribution in [0.25, 0.3) is 0 Å². The lowest BCUT2D eigenvalue weighted by atomic mass is 10.1. The molecule has 0 aliphatic carbocycles. The topological polar surface area (TPSA) is 46.3 Å². The van der Waals surface area contributed by atoms with Crippen molar-refractivity contribution in [2.24, 2.45) is 5.73 Å². The molecule has 1 aromatic carbocycles. The van der Waals surface area contributed by atoms with Crippen LogP contribution in [-0.2, 0) is 11.2 Å². The van der Waals surface area contributed by atoms with Crippen LogP contribution in [0.5, 0.6) is 0 Å². The predicted octanol–water partition coefficient (Wildman–Crippen LogP) is 1.46. The van der Waals surface area contributed by atoms with E-state index in [2.05, 4.69) is 0 Å². The quantitative estimate of drug-likeness (QED) is 0.887. The maximum absolute atomic E-state index is 13.5. The molecule has 98 valence electrons. The molecule has 3 nitrogen and oxygen atoms in total. The standard InChI is InChI=1S/C13H16F2N2O/c14-11-5-1-3-9(13(11)15)7-12(18)17-6-2-4-10(17)8-16/h1,3,5,10H,2,4,6-8,16H2/t10-/m0/s1. The van der Waals surface area contributed by atoms with Gasteiger partial charge in [-0.2, -0.15) is 0 Å². The molecule has 1 fully saturated rings. The van der Waals surface area contributed by atoms with Gasteiger partial charge in [-0.25, -0.2) is 8.78 Å². The summed E-state index contributed by atoms with van der Waals surface area (Å²) in [5.41, 5.74) is 5.68. The highest BCUT2D eigenvalue weighted by molar-refractivity contribution is 5.79. The molecule has 5 heteroatoms. The number of hydrogen-bond donors (Lipinski definition) is 1. The Morgan fingerprint density at radius 1 is 1.44 bits per heavy atom. The second kappa shape index (κ2) is 5.44. The average Bonchev–Trinajstić information content (AvgIpc) is 2.83. The van der Waals surface area contributed by atoms with Gasteiger partial charge in [0.2, 0.25) is 5.91 Å². The first kappa shape index (κ1) is 13.0. The zero-order chi connectivity index (χ0) is 13.1. The summed E-state index contributed by atoms with van der Waals surface area (Å²) in [6.07, 6.45) is 1.69. The monoisotopic (exact) mass is 254 g/mol. The molecule has 0 bridgehead atoms. The molecular weight excluding hydrogens is 238 g/mol. The van der Waals surface area contributed by atoms with Gasteiger partial charge >= 0.3 is 0 Å². The molecular formula is C13H16F2N2O. The second-order valence-electron chi connectivity index (χ2n) is 4.51. The van der Waals surface area contributed by atoms with Gasteiger partial charge in [-0.15, -0.1) is 0 Å². The van der Waals surface area contributed by atoms with Crippen LogP contribution in [0.15, 0.2) is 18.2 Å². The summed E-state index contributed by atoms with van der Waals surface area (Å²) in [5, 5.41) is 0. The van der Waals surface area contributed by atoms with Crippen LogP contribution < -0.4 is 5.73 Å². The summed E-state index contributed by atoms with van der Waals surface area (Å²) in [5.74, 6) is -2.04. The van der Waals surface area contributed by atoms with Crippen molar-refractivity contribution < 1.29 is 13.6 Å². The van der Waals surface area contributed by atoms with Gasteiger partial charge in [-0.3, -0.25) is 4.79 Å². The maximum Gasteiger partial charge on any atom is 0.227 e. The molecule has 0 spiro atoms. The van der Waals surface area contributed by atoms with E-state index < -0.39 is 11.6 Å². The van der Waals surface area contributed by atoms with Crippen LogP contribution >= 0.6 is 0 Å². The Kier molecular flexibility index (Phi) is 3.91. The minimum Gasteiger partial charge on any atom is -0.338 e. The van der Waals surface area contributed by atoms with Crippen molar-refractivity contribution in [3.63, 3.8) is 0 Å². The first-order valence-electron chi connectivity index (χ1n) is 6.06. The van der Waals surface area contributed by atoms with E-state index in [1.165, 1.54) is 12.1 Å². The van der Waals surface area contributed by atoms with Gasteiger partial charge in [0, 0.05) is 24.7 Å². The molecule has 2 N–H and O–H groups in total. The molecule has 0 aromatic heterocycles. The zero-order valence-electron chi connectivity index (χ0n) is 10.0. The van der Waals surface area contributed by atoms with E-state index in [1.54, 1.807) is 4.90 Å². The Morgan fingerprint density at radius 3 is 2.94 bits per heavy atom. The molecule has 0 unspecified atom stereocenters. The van der Waals surface area contributed by atoms with Gasteiger partial charge in [0.05, 0.1) is 6.42 Å². The van der Waals surface area contributed by atoms with Crippen molar-refractivity contribution >= 4 is 5.91 Å². The molecule has 1 heterocycles. The predicted molar refractivity (Wildman–Crippen MR) is 63.9 cm³/mol. The van der Waals surface area contributed by atoms with Crippen molar-refractivity contribution in [3.8, 4) is 0 Å². The molecule has 1 amide bonds. The van der Waals surface area contributed by atoms with Crippen LogP contribution in [0.4, 0.5) is 8.78 Å². The highest BCUT2D eigenvalue weighted by atomic mass is 19.2. The fraction of sp³-hybridized carbons (Fsp3) is 0.462. The van der Waals surface area contributed by atoms with Crippen molar-refractivity contribution in [3.05, 3.63) is 35.4 Å². The van der Waals surface area contributed by atoms with Gasteiger partial charge in [-0.1, -0.05) is 12.1 Å². The van der Waals surface area contributed by atoms with Gasteiger partial charge in [-0.05, 0) is 18.9 Å². The number of nitrogens with two attached hydrogens (primary N) is 1. The number of amides is 1. The van der Waals surface area contributed by atoms with Gasteiger partial charge in [0.15, 0.2) is 11.6 Å². The van der Waals surface area contributed by atoms with Gasteiger partial charge in [0.1, 0.15) is 0 Å². The smallest absolute Gasteiger partial charge is 0.227 e. The molecule has 1 atom stereocenters. The highest BCUT2D eigenvalue weighted by Crippen LogP contribution is 2.19. The minimum absolute atomic E-state index is 0.0362. The summed E-state index contributed by atoms with van der Waals surface area (Å²) < 4.78 is 26.5. The summed E-state index contributed by atoms with van der Waals surface area (Å²) in [4.78, 5) is 13.7. The Bertz CT molecular complexity index is 451. The zero-order valence-corrected chi connectivity index (χ0v) is 10.0.